The summed E-state index contributed by atoms with van der Waals surface area (Å²) in [6, 6.07) is 15.5. The molecule has 0 aromatic heterocycles. The lowest BCUT2D eigenvalue weighted by Crippen LogP contribution is -2.29. The maximum Gasteiger partial charge on any atom is 0.342 e. The average molecular weight is 535 g/mol. The van der Waals surface area contributed by atoms with Crippen molar-refractivity contribution in [2.45, 2.75) is 32.2 Å². The number of aliphatic hydroxyl groups is 1. The van der Waals surface area contributed by atoms with Crippen LogP contribution in [-0.4, -0.2) is 45.3 Å². The summed E-state index contributed by atoms with van der Waals surface area (Å²) in [7, 11) is 4.63. The van der Waals surface area contributed by atoms with Crippen molar-refractivity contribution in [1.29, 1.82) is 0 Å². The number of fused-ring (bicyclic) bond motifs is 1. The topological polar surface area (TPSA) is 102 Å². The van der Waals surface area contributed by atoms with Crippen LogP contribution in [0.2, 0.25) is 0 Å². The summed E-state index contributed by atoms with van der Waals surface area (Å²) < 4.78 is 39.1. The Labute approximate surface area is 226 Å². The summed E-state index contributed by atoms with van der Waals surface area (Å²) in [5.74, 6) is 0.355. The van der Waals surface area contributed by atoms with Crippen molar-refractivity contribution in [3.8, 4) is 34.5 Å². The largest absolute Gasteiger partial charge is 0.497 e. The van der Waals surface area contributed by atoms with Crippen LogP contribution in [0.15, 0.2) is 60.2 Å². The van der Waals surface area contributed by atoms with Gasteiger partial charge >= 0.3 is 5.97 Å². The van der Waals surface area contributed by atoms with Crippen LogP contribution in [-0.2, 0) is 21.7 Å². The highest BCUT2D eigenvalue weighted by Gasteiger charge is 2.48. The van der Waals surface area contributed by atoms with Gasteiger partial charge in [0.2, 0.25) is 12.5 Å². The van der Waals surface area contributed by atoms with Gasteiger partial charge in [-0.15, -0.1) is 0 Å². The van der Waals surface area contributed by atoms with Crippen molar-refractivity contribution >= 4 is 11.5 Å². The van der Waals surface area contributed by atoms with Crippen LogP contribution in [0, 0.1) is 0 Å². The first-order valence-corrected chi connectivity index (χ1v) is 12.4. The number of cyclic esters (lactones) is 1. The Balaban J connectivity index is 1.68. The number of hydrogen-bond acceptors (Lipinski definition) is 9. The lowest BCUT2D eigenvalue weighted by molar-refractivity contribution is -0.185. The highest BCUT2D eigenvalue weighted by molar-refractivity contribution is 6.20. The quantitative estimate of drug-likeness (QED) is 0.394. The molecule has 0 fully saturated rings. The molecule has 1 unspecified atom stereocenters. The summed E-state index contributed by atoms with van der Waals surface area (Å²) in [6.45, 7) is 3.91. The van der Waals surface area contributed by atoms with E-state index >= 15 is 0 Å². The van der Waals surface area contributed by atoms with Gasteiger partial charge in [-0.1, -0.05) is 6.07 Å². The Morgan fingerprint density at radius 3 is 2.28 bits per heavy atom. The molecule has 9 nitrogen and oxygen atoms in total. The molecule has 3 aromatic rings. The van der Waals surface area contributed by atoms with Gasteiger partial charge < -0.3 is 38.3 Å². The van der Waals surface area contributed by atoms with E-state index in [1.54, 1.807) is 55.6 Å². The Hall–Kier alpha value is -4.37. The Kier molecular flexibility index (Phi) is 7.01. The van der Waals surface area contributed by atoms with Crippen molar-refractivity contribution in [3.05, 3.63) is 76.9 Å². The van der Waals surface area contributed by atoms with Gasteiger partial charge in [-0.25, -0.2) is 4.79 Å². The van der Waals surface area contributed by atoms with E-state index in [4.69, 9.17) is 33.2 Å². The van der Waals surface area contributed by atoms with Crippen LogP contribution >= 0.6 is 0 Å². The summed E-state index contributed by atoms with van der Waals surface area (Å²) in [4.78, 5) is 13.4. The van der Waals surface area contributed by atoms with Crippen LogP contribution in [0.4, 0.5) is 0 Å². The molecule has 5 rings (SSSR count). The molecule has 204 valence electrons. The standard InChI is InChI=1S/C30H30O9/c1-17(2)38-26-14-18(13-25(34-4)28(26)35-5)12-22-27(19-6-11-23-24(15-19)37-16-36-23)29(31)39-30(22,32)20-7-9-21(33-3)10-8-20/h6-11,13-15,17,32H,12,16H2,1-5H3. The normalized spacial score (nSPS) is 17.9. The van der Waals surface area contributed by atoms with Gasteiger partial charge in [-0.2, -0.15) is 0 Å². The Morgan fingerprint density at radius 1 is 0.897 bits per heavy atom. The number of rotatable bonds is 9. The highest BCUT2D eigenvalue weighted by Crippen LogP contribution is 2.48. The summed E-state index contributed by atoms with van der Waals surface area (Å²) in [6.07, 6.45) is 0.00207. The van der Waals surface area contributed by atoms with E-state index in [2.05, 4.69) is 0 Å². The molecule has 1 N–H and O–H groups in total. The molecule has 0 bridgehead atoms. The lowest BCUT2D eigenvalue weighted by Gasteiger charge is -2.26. The summed E-state index contributed by atoms with van der Waals surface area (Å²) in [5, 5.41) is 12.0. The van der Waals surface area contributed by atoms with Gasteiger partial charge in [0.05, 0.1) is 33.0 Å². The molecule has 9 heteroatoms. The second-order valence-corrected chi connectivity index (χ2v) is 9.36. The fraction of sp³-hybridized carbons (Fsp3) is 0.300. The number of benzene rings is 3. The third-order valence-corrected chi connectivity index (χ3v) is 6.55. The van der Waals surface area contributed by atoms with Crippen LogP contribution in [0.3, 0.4) is 0 Å². The molecule has 0 saturated carbocycles. The molecule has 0 radical (unpaired) electrons. The molecular weight excluding hydrogens is 504 g/mol. The first kappa shape index (κ1) is 26.2. The molecule has 3 aromatic carbocycles. The molecule has 2 heterocycles. The Morgan fingerprint density at radius 2 is 1.62 bits per heavy atom. The van der Waals surface area contributed by atoms with Crippen LogP contribution in [0.5, 0.6) is 34.5 Å². The minimum Gasteiger partial charge on any atom is -0.497 e. The van der Waals surface area contributed by atoms with Crippen LogP contribution in [0.25, 0.3) is 5.57 Å². The monoisotopic (exact) mass is 534 g/mol. The lowest BCUT2D eigenvalue weighted by atomic mass is 9.88. The zero-order valence-corrected chi connectivity index (χ0v) is 22.4. The van der Waals surface area contributed by atoms with Crippen molar-refractivity contribution < 1.29 is 43.1 Å². The van der Waals surface area contributed by atoms with Gasteiger partial charge in [0.25, 0.3) is 5.79 Å². The zero-order chi connectivity index (χ0) is 27.7. The van der Waals surface area contributed by atoms with Crippen molar-refractivity contribution in [1.82, 2.24) is 0 Å². The summed E-state index contributed by atoms with van der Waals surface area (Å²) >= 11 is 0. The van der Waals surface area contributed by atoms with Crippen molar-refractivity contribution in [2.75, 3.05) is 28.1 Å². The van der Waals surface area contributed by atoms with Gasteiger partial charge in [0.1, 0.15) is 5.75 Å². The highest BCUT2D eigenvalue weighted by atomic mass is 16.7. The van der Waals surface area contributed by atoms with E-state index in [0.29, 0.717) is 56.8 Å². The number of ether oxygens (including phenoxy) is 7. The van der Waals surface area contributed by atoms with E-state index in [9.17, 15) is 9.90 Å². The van der Waals surface area contributed by atoms with E-state index in [1.165, 1.54) is 14.2 Å². The molecule has 2 aliphatic heterocycles. The third kappa shape index (κ3) is 4.81. The molecular formula is C30H30O9. The molecule has 39 heavy (non-hydrogen) atoms. The first-order valence-electron chi connectivity index (χ1n) is 12.4. The Bertz CT molecular complexity index is 1430. The summed E-state index contributed by atoms with van der Waals surface area (Å²) in [5.41, 5.74) is 2.19. The van der Waals surface area contributed by atoms with Crippen molar-refractivity contribution in [3.63, 3.8) is 0 Å². The zero-order valence-electron chi connectivity index (χ0n) is 22.4. The van der Waals surface area contributed by atoms with E-state index in [1.807, 2.05) is 19.9 Å². The van der Waals surface area contributed by atoms with Crippen LogP contribution in [0.1, 0.15) is 30.5 Å². The van der Waals surface area contributed by atoms with Crippen LogP contribution < -0.4 is 28.4 Å². The second kappa shape index (κ2) is 10.4. The van der Waals surface area contributed by atoms with Gasteiger partial charge in [0, 0.05) is 17.6 Å². The predicted molar refractivity (Wildman–Crippen MR) is 141 cm³/mol. The number of hydrogen-bond donors (Lipinski definition) is 1. The molecule has 0 spiro atoms. The fourth-order valence-electron chi connectivity index (χ4n) is 4.77. The van der Waals surface area contributed by atoms with E-state index < -0.39 is 11.8 Å². The minimum absolute atomic E-state index is 0.0925. The molecule has 0 aliphatic carbocycles. The minimum atomic E-state index is -2.04. The van der Waals surface area contributed by atoms with Gasteiger partial charge in [-0.05, 0) is 73.5 Å². The SMILES string of the molecule is COc1ccc(C2(O)OC(=O)C(c3ccc4c(c3)OCO4)=C2Cc2cc(OC)c(OC)c(OC(C)C)c2)cc1. The smallest absolute Gasteiger partial charge is 0.342 e. The maximum absolute atomic E-state index is 13.4. The van der Waals surface area contributed by atoms with Gasteiger partial charge in [-0.3, -0.25) is 0 Å². The number of carbonyl (C=O) groups is 1. The van der Waals surface area contributed by atoms with Gasteiger partial charge in [0.15, 0.2) is 23.0 Å². The van der Waals surface area contributed by atoms with Crippen molar-refractivity contribution in [2.24, 2.45) is 0 Å². The van der Waals surface area contributed by atoms with E-state index in [0.717, 1.165) is 0 Å². The number of esters is 1. The number of methoxy groups -OCH3 is 3. The molecule has 1 atom stereocenters. The number of carbonyl (C=O) groups excluding carboxylic acids is 1. The second-order valence-electron chi connectivity index (χ2n) is 9.36. The maximum atomic E-state index is 13.4. The molecule has 0 saturated heterocycles. The molecule has 2 aliphatic rings. The molecule has 0 amide bonds. The predicted octanol–water partition coefficient (Wildman–Crippen LogP) is 4.63. The first-order chi connectivity index (χ1) is 18.8. The average Bonchev–Trinajstić information content (AvgIpc) is 3.49. The third-order valence-electron chi connectivity index (χ3n) is 6.55. The van der Waals surface area contributed by atoms with E-state index in [-0.39, 0.29) is 24.9 Å². The fourth-order valence-corrected chi connectivity index (χ4v) is 4.77.